The molecule has 1 fully saturated rings. The Morgan fingerprint density at radius 2 is 2.00 bits per heavy atom. The van der Waals surface area contributed by atoms with Crippen molar-refractivity contribution in [2.75, 3.05) is 13.1 Å². The molecule has 8 nitrogen and oxygen atoms in total. The third-order valence-electron chi connectivity index (χ3n) is 3.39. The smallest absolute Gasteiger partial charge is 0.326 e. The summed E-state index contributed by atoms with van der Waals surface area (Å²) in [4.78, 5) is 11.4. The lowest BCUT2D eigenvalue weighted by atomic mass is 10.1. The first-order chi connectivity index (χ1) is 9.33. The zero-order valence-electron chi connectivity index (χ0n) is 11.4. The number of H-pyrrole nitrogens is 1. The fraction of sp³-hybridized carbons (Fsp3) is 0.636. The third kappa shape index (κ3) is 2.84. The van der Waals surface area contributed by atoms with E-state index in [0.29, 0.717) is 30.0 Å². The second kappa shape index (κ2) is 5.51. The molecule has 0 unspecified atom stereocenters. The van der Waals surface area contributed by atoms with Crippen LogP contribution in [0.15, 0.2) is 0 Å². The van der Waals surface area contributed by atoms with Gasteiger partial charge in [-0.1, -0.05) is 0 Å². The number of carboxylic acid groups (broad SMARTS) is 1. The average Bonchev–Trinajstić information content (AvgIpc) is 2.98. The maximum absolute atomic E-state index is 12.2. The van der Waals surface area contributed by atoms with Crippen LogP contribution in [0.25, 0.3) is 0 Å². The monoisotopic (exact) mass is 302 g/mol. The number of rotatable bonds is 5. The minimum absolute atomic E-state index is 0.361. The summed E-state index contributed by atoms with van der Waals surface area (Å²) in [5, 5.41) is 15.9. The predicted octanol–water partition coefficient (Wildman–Crippen LogP) is 0.0824. The topological polar surface area (TPSA) is 115 Å². The van der Waals surface area contributed by atoms with Gasteiger partial charge in [0.05, 0.1) is 5.69 Å². The Labute approximate surface area is 117 Å². The Balaban J connectivity index is 2.29. The van der Waals surface area contributed by atoms with Gasteiger partial charge >= 0.3 is 5.97 Å². The predicted molar refractivity (Wildman–Crippen MR) is 71.3 cm³/mol. The molecule has 2 heterocycles. The van der Waals surface area contributed by atoms with Gasteiger partial charge in [0.2, 0.25) is 0 Å². The van der Waals surface area contributed by atoms with Crippen molar-refractivity contribution in [3.63, 3.8) is 0 Å². The minimum atomic E-state index is -3.80. The van der Waals surface area contributed by atoms with Gasteiger partial charge in [0.15, 0.2) is 0 Å². The molecule has 0 radical (unpaired) electrons. The highest BCUT2D eigenvalue weighted by molar-refractivity contribution is 7.87. The summed E-state index contributed by atoms with van der Waals surface area (Å²) in [7, 11) is -3.80. The summed E-state index contributed by atoms with van der Waals surface area (Å²) in [5.41, 5.74) is 1.37. The van der Waals surface area contributed by atoms with Gasteiger partial charge in [-0.2, -0.15) is 22.5 Å². The maximum Gasteiger partial charge on any atom is 0.326 e. The number of nitrogens with zero attached hydrogens (tertiary/aromatic N) is 2. The van der Waals surface area contributed by atoms with Crippen molar-refractivity contribution in [3.05, 3.63) is 17.0 Å². The molecule has 0 aromatic carbocycles. The second-order valence-electron chi connectivity index (χ2n) is 4.85. The quantitative estimate of drug-likeness (QED) is 0.712. The number of carbonyl (C=O) groups is 1. The highest BCUT2D eigenvalue weighted by atomic mass is 32.2. The van der Waals surface area contributed by atoms with Crippen molar-refractivity contribution in [1.82, 2.24) is 19.2 Å². The minimum Gasteiger partial charge on any atom is -0.480 e. The number of nitrogens with one attached hydrogen (secondary N) is 2. The Morgan fingerprint density at radius 3 is 2.45 bits per heavy atom. The van der Waals surface area contributed by atoms with Crippen LogP contribution in [0.2, 0.25) is 0 Å². The van der Waals surface area contributed by atoms with E-state index in [1.165, 1.54) is 4.31 Å². The van der Waals surface area contributed by atoms with Crippen LogP contribution in [0.3, 0.4) is 0 Å². The van der Waals surface area contributed by atoms with Crippen molar-refractivity contribution < 1.29 is 18.3 Å². The molecule has 3 N–H and O–H groups in total. The van der Waals surface area contributed by atoms with Gasteiger partial charge in [-0.15, -0.1) is 0 Å². The number of aromatic amines is 1. The van der Waals surface area contributed by atoms with Crippen molar-refractivity contribution in [2.45, 2.75) is 32.7 Å². The Hall–Kier alpha value is -1.45. The molecular formula is C11H18N4O4S. The van der Waals surface area contributed by atoms with E-state index in [1.54, 1.807) is 13.8 Å². The SMILES string of the molecule is Cc1n[nH]c(C)c1[C@H](NS(=O)(=O)N1CCCC1)C(=O)O. The van der Waals surface area contributed by atoms with Gasteiger partial charge in [-0.3, -0.25) is 9.89 Å². The van der Waals surface area contributed by atoms with Gasteiger partial charge in [0.1, 0.15) is 6.04 Å². The van der Waals surface area contributed by atoms with Gasteiger partial charge in [0.25, 0.3) is 10.2 Å². The lowest BCUT2D eigenvalue weighted by Crippen LogP contribution is -2.43. The first-order valence-corrected chi connectivity index (χ1v) is 7.78. The number of carboxylic acids is 1. The first kappa shape index (κ1) is 14.9. The standard InChI is InChI=1S/C11H18N4O4S/c1-7-9(8(2)13-12-7)10(11(16)17)14-20(18,19)15-5-3-4-6-15/h10,14H,3-6H2,1-2H3,(H,12,13)(H,16,17)/t10-/m0/s1. The summed E-state index contributed by atoms with van der Waals surface area (Å²) in [6.07, 6.45) is 1.59. The van der Waals surface area contributed by atoms with Crippen molar-refractivity contribution in [2.24, 2.45) is 0 Å². The molecule has 1 aliphatic rings. The molecule has 2 rings (SSSR count). The van der Waals surface area contributed by atoms with Crippen LogP contribution < -0.4 is 4.72 Å². The molecule has 0 saturated carbocycles. The second-order valence-corrected chi connectivity index (χ2v) is 6.55. The van der Waals surface area contributed by atoms with E-state index in [2.05, 4.69) is 14.9 Å². The molecule has 0 amide bonds. The van der Waals surface area contributed by atoms with Crippen LogP contribution in [0.4, 0.5) is 0 Å². The van der Waals surface area contributed by atoms with E-state index in [4.69, 9.17) is 0 Å². The van der Waals surface area contributed by atoms with Crippen LogP contribution in [0, 0.1) is 13.8 Å². The van der Waals surface area contributed by atoms with E-state index in [-0.39, 0.29) is 0 Å². The lowest BCUT2D eigenvalue weighted by molar-refractivity contribution is -0.139. The third-order valence-corrected chi connectivity index (χ3v) is 4.97. The molecular weight excluding hydrogens is 284 g/mol. The summed E-state index contributed by atoms with van der Waals surface area (Å²) in [6.45, 7) is 4.14. The summed E-state index contributed by atoms with van der Waals surface area (Å²) < 4.78 is 27.9. The fourth-order valence-electron chi connectivity index (χ4n) is 2.37. The molecule has 20 heavy (non-hydrogen) atoms. The van der Waals surface area contributed by atoms with Gasteiger partial charge in [0, 0.05) is 24.3 Å². The van der Waals surface area contributed by atoms with Crippen LogP contribution in [-0.2, 0) is 15.0 Å². The van der Waals surface area contributed by atoms with Crippen molar-refractivity contribution in [3.8, 4) is 0 Å². The number of hydrogen-bond donors (Lipinski definition) is 3. The van der Waals surface area contributed by atoms with Gasteiger partial charge in [-0.05, 0) is 26.7 Å². The molecule has 1 aromatic heterocycles. The zero-order chi connectivity index (χ0) is 14.9. The molecule has 1 aliphatic heterocycles. The molecule has 1 saturated heterocycles. The highest BCUT2D eigenvalue weighted by Gasteiger charge is 2.33. The Morgan fingerprint density at radius 1 is 1.40 bits per heavy atom. The van der Waals surface area contributed by atoms with Crippen LogP contribution >= 0.6 is 0 Å². The normalized spacial score (nSPS) is 18.3. The molecule has 0 bridgehead atoms. The van der Waals surface area contributed by atoms with E-state index in [9.17, 15) is 18.3 Å². The van der Waals surface area contributed by atoms with E-state index >= 15 is 0 Å². The van der Waals surface area contributed by atoms with Crippen LogP contribution in [0.1, 0.15) is 35.8 Å². The van der Waals surface area contributed by atoms with Crippen molar-refractivity contribution >= 4 is 16.2 Å². The van der Waals surface area contributed by atoms with Crippen LogP contribution in [-0.4, -0.2) is 47.1 Å². The number of aromatic nitrogens is 2. The lowest BCUT2D eigenvalue weighted by Gasteiger charge is -2.20. The largest absolute Gasteiger partial charge is 0.480 e. The molecule has 1 atom stereocenters. The number of hydrogen-bond acceptors (Lipinski definition) is 4. The Bertz CT molecular complexity index is 584. The summed E-state index contributed by atoms with van der Waals surface area (Å²) in [6, 6.07) is -1.33. The highest BCUT2D eigenvalue weighted by Crippen LogP contribution is 2.22. The van der Waals surface area contributed by atoms with E-state index < -0.39 is 22.2 Å². The van der Waals surface area contributed by atoms with Crippen molar-refractivity contribution in [1.29, 1.82) is 0 Å². The maximum atomic E-state index is 12.2. The van der Waals surface area contributed by atoms with E-state index in [1.807, 2.05) is 0 Å². The molecule has 112 valence electrons. The van der Waals surface area contributed by atoms with Gasteiger partial charge < -0.3 is 5.11 Å². The fourth-order valence-corrected chi connectivity index (χ4v) is 3.77. The number of aliphatic carboxylic acids is 1. The first-order valence-electron chi connectivity index (χ1n) is 6.34. The average molecular weight is 302 g/mol. The molecule has 0 spiro atoms. The molecule has 0 aliphatic carbocycles. The summed E-state index contributed by atoms with van der Waals surface area (Å²) in [5.74, 6) is -1.25. The molecule has 9 heteroatoms. The summed E-state index contributed by atoms with van der Waals surface area (Å²) >= 11 is 0. The van der Waals surface area contributed by atoms with Gasteiger partial charge in [-0.25, -0.2) is 0 Å². The van der Waals surface area contributed by atoms with Crippen LogP contribution in [0.5, 0.6) is 0 Å². The Kier molecular flexibility index (Phi) is 4.11. The zero-order valence-corrected chi connectivity index (χ0v) is 12.2. The van der Waals surface area contributed by atoms with E-state index in [0.717, 1.165) is 12.8 Å². The molecule has 1 aromatic rings. The number of aryl methyl sites for hydroxylation is 2.